The number of aryl methyl sites for hydroxylation is 1. The van der Waals surface area contributed by atoms with Crippen LogP contribution in [0.2, 0.25) is 0 Å². The Balaban J connectivity index is 2.00. The smallest absolute Gasteiger partial charge is 0.194 e. The van der Waals surface area contributed by atoms with Gasteiger partial charge in [0.1, 0.15) is 12.7 Å². The molecule has 1 aromatic carbocycles. The van der Waals surface area contributed by atoms with E-state index < -0.39 is 5.82 Å². The minimum absolute atomic E-state index is 0.0936. The molecule has 0 aliphatic rings. The lowest BCUT2D eigenvalue weighted by molar-refractivity contribution is 0.574. The van der Waals surface area contributed by atoms with Gasteiger partial charge in [0.25, 0.3) is 0 Å². The Kier molecular flexibility index (Phi) is 3.31. The van der Waals surface area contributed by atoms with Crippen LogP contribution < -0.4 is 5.73 Å². The summed E-state index contributed by atoms with van der Waals surface area (Å²) in [5.74, 6) is 0.0934. The van der Waals surface area contributed by atoms with E-state index in [0.29, 0.717) is 23.6 Å². The van der Waals surface area contributed by atoms with Crippen LogP contribution in [0.4, 0.5) is 10.1 Å². The molecular weight excluding hydrogens is 271 g/mol. The molecule has 3 rings (SSSR count). The second-order valence-corrected chi connectivity index (χ2v) is 4.45. The Morgan fingerprint density at radius 2 is 1.90 bits per heavy atom. The fourth-order valence-electron chi connectivity index (χ4n) is 1.93. The molecule has 0 aliphatic heterocycles. The maximum absolute atomic E-state index is 14.2. The van der Waals surface area contributed by atoms with Gasteiger partial charge in [-0.3, -0.25) is 0 Å². The molecule has 2 N–H and O–H groups in total. The van der Waals surface area contributed by atoms with Gasteiger partial charge in [0, 0.05) is 11.3 Å². The van der Waals surface area contributed by atoms with Gasteiger partial charge in [-0.2, -0.15) is 4.68 Å². The van der Waals surface area contributed by atoms with E-state index in [9.17, 15) is 4.39 Å². The van der Waals surface area contributed by atoms with Gasteiger partial charge in [0.2, 0.25) is 0 Å². The summed E-state index contributed by atoms with van der Waals surface area (Å²) in [6.07, 6.45) is 3.24. The van der Waals surface area contributed by atoms with E-state index in [4.69, 9.17) is 5.73 Å². The van der Waals surface area contributed by atoms with Gasteiger partial charge in [0.15, 0.2) is 17.5 Å². The van der Waals surface area contributed by atoms with Gasteiger partial charge in [-0.15, -0.1) is 5.10 Å². The van der Waals surface area contributed by atoms with Crippen LogP contribution in [0.15, 0.2) is 36.9 Å². The third-order valence-corrected chi connectivity index (χ3v) is 3.06. The van der Waals surface area contributed by atoms with Gasteiger partial charge in [-0.05, 0) is 30.7 Å². The van der Waals surface area contributed by atoms with E-state index in [2.05, 4.69) is 20.1 Å². The standard InChI is InChI=1S/C14H13FN6/c1-2-11-12(15)14(18-7-17-11)21-8-19-13(20-21)9-3-5-10(16)6-4-9/h3-8H,2,16H2,1H3. The van der Waals surface area contributed by atoms with Gasteiger partial charge in [0.05, 0.1) is 5.69 Å². The van der Waals surface area contributed by atoms with E-state index in [0.717, 1.165) is 5.56 Å². The minimum atomic E-state index is -0.478. The molecule has 106 valence electrons. The Hall–Kier alpha value is -2.83. The Morgan fingerprint density at radius 1 is 1.14 bits per heavy atom. The fourth-order valence-corrected chi connectivity index (χ4v) is 1.93. The first-order valence-electron chi connectivity index (χ1n) is 6.46. The van der Waals surface area contributed by atoms with Gasteiger partial charge in [-0.25, -0.2) is 19.3 Å². The molecule has 21 heavy (non-hydrogen) atoms. The van der Waals surface area contributed by atoms with Crippen molar-refractivity contribution in [1.82, 2.24) is 24.7 Å². The van der Waals surface area contributed by atoms with Crippen molar-refractivity contribution in [2.45, 2.75) is 13.3 Å². The number of nitrogens with zero attached hydrogens (tertiary/aromatic N) is 5. The average molecular weight is 284 g/mol. The van der Waals surface area contributed by atoms with Crippen molar-refractivity contribution in [3.05, 3.63) is 48.4 Å². The molecule has 3 aromatic rings. The third kappa shape index (κ3) is 2.45. The highest BCUT2D eigenvalue weighted by Gasteiger charge is 2.13. The Morgan fingerprint density at radius 3 is 2.62 bits per heavy atom. The quantitative estimate of drug-likeness (QED) is 0.744. The number of nitrogen functional groups attached to an aromatic ring is 1. The molecule has 0 amide bonds. The summed E-state index contributed by atoms with van der Waals surface area (Å²) in [6.45, 7) is 1.83. The molecule has 2 aromatic heterocycles. The lowest BCUT2D eigenvalue weighted by Crippen LogP contribution is -2.06. The largest absolute Gasteiger partial charge is 0.399 e. The van der Waals surface area contributed by atoms with Gasteiger partial charge < -0.3 is 5.73 Å². The number of aromatic nitrogens is 5. The highest BCUT2D eigenvalue weighted by molar-refractivity contribution is 5.58. The van der Waals surface area contributed by atoms with E-state index in [1.165, 1.54) is 17.3 Å². The normalized spacial score (nSPS) is 10.8. The zero-order valence-electron chi connectivity index (χ0n) is 11.4. The van der Waals surface area contributed by atoms with Crippen LogP contribution in [0.25, 0.3) is 17.2 Å². The molecule has 0 saturated heterocycles. The second-order valence-electron chi connectivity index (χ2n) is 4.45. The number of benzene rings is 1. The van der Waals surface area contributed by atoms with Crippen molar-refractivity contribution in [1.29, 1.82) is 0 Å². The first-order valence-corrected chi connectivity index (χ1v) is 6.46. The van der Waals surface area contributed by atoms with Crippen molar-refractivity contribution in [2.24, 2.45) is 0 Å². The molecule has 0 spiro atoms. The SMILES string of the molecule is CCc1ncnc(-n2cnc(-c3ccc(N)cc3)n2)c1F. The summed E-state index contributed by atoms with van der Waals surface area (Å²) in [4.78, 5) is 12.0. The van der Waals surface area contributed by atoms with E-state index in [1.807, 2.05) is 19.1 Å². The molecule has 7 heteroatoms. The number of hydrogen-bond acceptors (Lipinski definition) is 5. The van der Waals surface area contributed by atoms with E-state index >= 15 is 0 Å². The van der Waals surface area contributed by atoms with Crippen LogP contribution in [0.5, 0.6) is 0 Å². The summed E-state index contributed by atoms with van der Waals surface area (Å²) in [5, 5.41) is 4.25. The summed E-state index contributed by atoms with van der Waals surface area (Å²) >= 11 is 0. The summed E-state index contributed by atoms with van der Waals surface area (Å²) < 4.78 is 15.5. The van der Waals surface area contributed by atoms with Crippen molar-refractivity contribution < 1.29 is 4.39 Å². The third-order valence-electron chi connectivity index (χ3n) is 3.06. The maximum atomic E-state index is 14.2. The zero-order valence-corrected chi connectivity index (χ0v) is 11.4. The second kappa shape index (κ2) is 5.28. The number of halogens is 1. The van der Waals surface area contributed by atoms with E-state index in [-0.39, 0.29) is 5.82 Å². The molecule has 0 atom stereocenters. The predicted octanol–water partition coefficient (Wildman–Crippen LogP) is 2.01. The highest BCUT2D eigenvalue weighted by atomic mass is 19.1. The van der Waals surface area contributed by atoms with Crippen LogP contribution in [-0.2, 0) is 6.42 Å². The molecular formula is C14H13FN6. The Labute approximate surface area is 120 Å². The van der Waals surface area contributed by atoms with Crippen LogP contribution in [0.1, 0.15) is 12.6 Å². The molecule has 0 saturated carbocycles. The van der Waals surface area contributed by atoms with Crippen LogP contribution in [0.3, 0.4) is 0 Å². The van der Waals surface area contributed by atoms with Crippen LogP contribution in [-0.4, -0.2) is 24.7 Å². The zero-order chi connectivity index (χ0) is 14.8. The number of rotatable bonds is 3. The monoisotopic (exact) mass is 284 g/mol. The van der Waals surface area contributed by atoms with Gasteiger partial charge >= 0.3 is 0 Å². The average Bonchev–Trinajstić information content (AvgIpc) is 2.98. The number of anilines is 1. The predicted molar refractivity (Wildman–Crippen MR) is 76.1 cm³/mol. The summed E-state index contributed by atoms with van der Waals surface area (Å²) in [7, 11) is 0. The van der Waals surface area contributed by atoms with Crippen molar-refractivity contribution in [2.75, 3.05) is 5.73 Å². The van der Waals surface area contributed by atoms with Crippen molar-refractivity contribution in [3.63, 3.8) is 0 Å². The molecule has 0 radical (unpaired) electrons. The Bertz CT molecular complexity index is 765. The molecule has 0 fully saturated rings. The summed E-state index contributed by atoms with van der Waals surface area (Å²) in [5.41, 5.74) is 7.45. The first kappa shape index (κ1) is 13.2. The van der Waals surface area contributed by atoms with Crippen molar-refractivity contribution >= 4 is 5.69 Å². The lowest BCUT2D eigenvalue weighted by Gasteiger charge is -2.03. The van der Waals surface area contributed by atoms with Crippen LogP contribution >= 0.6 is 0 Å². The number of hydrogen-bond donors (Lipinski definition) is 1. The van der Waals surface area contributed by atoms with Gasteiger partial charge in [-0.1, -0.05) is 6.92 Å². The maximum Gasteiger partial charge on any atom is 0.194 e. The molecule has 0 bridgehead atoms. The summed E-state index contributed by atoms with van der Waals surface area (Å²) in [6, 6.07) is 7.14. The molecule has 0 unspecified atom stereocenters. The molecule has 0 aliphatic carbocycles. The topological polar surface area (TPSA) is 82.5 Å². The minimum Gasteiger partial charge on any atom is -0.399 e. The molecule has 6 nitrogen and oxygen atoms in total. The van der Waals surface area contributed by atoms with Crippen molar-refractivity contribution in [3.8, 4) is 17.2 Å². The van der Waals surface area contributed by atoms with E-state index in [1.54, 1.807) is 12.1 Å². The molecule has 2 heterocycles. The number of nitrogens with two attached hydrogens (primary N) is 1. The highest BCUT2D eigenvalue weighted by Crippen LogP contribution is 2.18. The lowest BCUT2D eigenvalue weighted by atomic mass is 10.2. The van der Waals surface area contributed by atoms with Crippen LogP contribution in [0, 0.1) is 5.82 Å². The first-order chi connectivity index (χ1) is 10.2. The fraction of sp³-hybridized carbons (Fsp3) is 0.143.